The first-order valence-electron chi connectivity index (χ1n) is 9.22. The lowest BCUT2D eigenvalue weighted by Gasteiger charge is -2.38. The summed E-state index contributed by atoms with van der Waals surface area (Å²) in [7, 11) is 1.70. The molecule has 0 aliphatic carbocycles. The van der Waals surface area contributed by atoms with Crippen LogP contribution in [-0.2, 0) is 11.3 Å². The van der Waals surface area contributed by atoms with Gasteiger partial charge in [-0.1, -0.05) is 6.07 Å². The van der Waals surface area contributed by atoms with E-state index in [1.807, 2.05) is 12.3 Å². The molecule has 1 atom stereocenters. The van der Waals surface area contributed by atoms with Crippen LogP contribution >= 0.6 is 12.4 Å². The number of methoxy groups -OCH3 is 1. The monoisotopic (exact) mass is 409 g/mol. The molecule has 8 heteroatoms. The minimum absolute atomic E-state index is 0. The Morgan fingerprint density at radius 1 is 1.18 bits per heavy atom. The zero-order valence-corrected chi connectivity index (χ0v) is 16.7. The number of piperazine rings is 1. The minimum atomic E-state index is -0.311. The van der Waals surface area contributed by atoms with Crippen molar-refractivity contribution in [1.29, 1.82) is 0 Å². The third kappa shape index (κ3) is 4.66. The summed E-state index contributed by atoms with van der Waals surface area (Å²) >= 11 is 0. The van der Waals surface area contributed by atoms with Crippen LogP contribution in [0.5, 0.6) is 11.5 Å². The van der Waals surface area contributed by atoms with Crippen LogP contribution in [0.1, 0.15) is 5.56 Å². The molecule has 1 saturated heterocycles. The van der Waals surface area contributed by atoms with Gasteiger partial charge >= 0.3 is 0 Å². The minimum Gasteiger partial charge on any atom is -0.486 e. The highest BCUT2D eigenvalue weighted by atomic mass is 35.5. The van der Waals surface area contributed by atoms with Crippen LogP contribution in [0.3, 0.4) is 0 Å². The summed E-state index contributed by atoms with van der Waals surface area (Å²) < 4.78 is 30.3. The van der Waals surface area contributed by atoms with Crippen molar-refractivity contribution >= 4 is 18.2 Å². The summed E-state index contributed by atoms with van der Waals surface area (Å²) in [4.78, 5) is 9.20. The van der Waals surface area contributed by atoms with Crippen LogP contribution in [0.25, 0.3) is 0 Å². The van der Waals surface area contributed by atoms with E-state index in [0.717, 1.165) is 44.1 Å². The average Bonchev–Trinajstić information content (AvgIpc) is 2.69. The second-order valence-corrected chi connectivity index (χ2v) is 6.85. The Balaban J connectivity index is 0.00000225. The van der Waals surface area contributed by atoms with Crippen molar-refractivity contribution in [2.75, 3.05) is 51.3 Å². The number of halogens is 2. The maximum atomic E-state index is 13.4. The van der Waals surface area contributed by atoms with E-state index in [9.17, 15) is 4.39 Å². The number of nitrogens with zero attached hydrogens (tertiary/aromatic N) is 3. The first kappa shape index (κ1) is 20.6. The van der Waals surface area contributed by atoms with E-state index in [2.05, 4.69) is 20.9 Å². The number of fused-ring (bicyclic) bond motifs is 1. The predicted molar refractivity (Wildman–Crippen MR) is 107 cm³/mol. The number of pyridine rings is 1. The maximum Gasteiger partial charge on any atom is 0.164 e. The second kappa shape index (κ2) is 9.41. The summed E-state index contributed by atoms with van der Waals surface area (Å²) in [5.41, 5.74) is 1.11. The highest BCUT2D eigenvalue weighted by molar-refractivity contribution is 5.85. The molecular formula is C20H25ClFN3O3. The number of anilines is 1. The molecule has 2 aliphatic heterocycles. The van der Waals surface area contributed by atoms with Gasteiger partial charge in [0, 0.05) is 57.7 Å². The highest BCUT2D eigenvalue weighted by Gasteiger charge is 2.26. The molecule has 0 N–H and O–H groups in total. The Bertz CT molecular complexity index is 787. The van der Waals surface area contributed by atoms with Crippen molar-refractivity contribution < 1.29 is 18.6 Å². The number of hydrogen-bond donors (Lipinski definition) is 0. The van der Waals surface area contributed by atoms with E-state index in [4.69, 9.17) is 14.2 Å². The number of aromatic nitrogens is 1. The fourth-order valence-corrected chi connectivity index (χ4v) is 3.59. The molecule has 0 saturated carbocycles. The molecule has 28 heavy (non-hydrogen) atoms. The molecule has 0 radical (unpaired) electrons. The molecular weight excluding hydrogens is 385 g/mol. The highest BCUT2D eigenvalue weighted by Crippen LogP contribution is 2.32. The second-order valence-electron chi connectivity index (χ2n) is 6.85. The summed E-state index contributed by atoms with van der Waals surface area (Å²) in [6.45, 7) is 5.43. The Morgan fingerprint density at radius 2 is 2.00 bits per heavy atom. The van der Waals surface area contributed by atoms with Crippen LogP contribution in [0.4, 0.5) is 10.2 Å². The summed E-state index contributed by atoms with van der Waals surface area (Å²) in [6, 6.07) is 8.39. The fraction of sp³-hybridized carbons (Fsp3) is 0.450. The molecule has 2 aliphatic rings. The topological polar surface area (TPSA) is 47.1 Å². The molecule has 1 fully saturated rings. The largest absolute Gasteiger partial charge is 0.486 e. The zero-order valence-electron chi connectivity index (χ0n) is 15.8. The van der Waals surface area contributed by atoms with E-state index < -0.39 is 0 Å². The number of rotatable bonds is 5. The van der Waals surface area contributed by atoms with E-state index in [-0.39, 0.29) is 24.3 Å². The smallest absolute Gasteiger partial charge is 0.164 e. The Kier molecular flexibility index (Phi) is 6.93. The van der Waals surface area contributed by atoms with Crippen molar-refractivity contribution in [1.82, 2.24) is 9.88 Å². The number of ether oxygens (including phenoxy) is 3. The van der Waals surface area contributed by atoms with Gasteiger partial charge in [0.15, 0.2) is 11.5 Å². The van der Waals surface area contributed by atoms with Crippen molar-refractivity contribution in [2.24, 2.45) is 0 Å². The normalized spacial score (nSPS) is 19.2. The Labute approximate surface area is 170 Å². The van der Waals surface area contributed by atoms with Crippen LogP contribution in [0.2, 0.25) is 0 Å². The van der Waals surface area contributed by atoms with Gasteiger partial charge in [-0.3, -0.25) is 4.90 Å². The lowest BCUT2D eigenvalue weighted by Crippen LogP contribution is -2.51. The van der Waals surface area contributed by atoms with Gasteiger partial charge in [-0.25, -0.2) is 9.37 Å². The van der Waals surface area contributed by atoms with E-state index >= 15 is 0 Å². The molecule has 0 bridgehead atoms. The van der Waals surface area contributed by atoms with Gasteiger partial charge in [-0.05, 0) is 18.2 Å². The molecule has 6 nitrogen and oxygen atoms in total. The summed E-state index contributed by atoms with van der Waals surface area (Å²) in [5.74, 6) is 1.79. The Morgan fingerprint density at radius 3 is 2.79 bits per heavy atom. The van der Waals surface area contributed by atoms with Gasteiger partial charge in [0.2, 0.25) is 0 Å². The SMILES string of the molecule is COCc1cccnc1N1CCN(C[C@H]2COc3ccc(F)cc3O2)CC1.Cl. The van der Waals surface area contributed by atoms with Crippen LogP contribution in [0.15, 0.2) is 36.5 Å². The van der Waals surface area contributed by atoms with Crippen LogP contribution in [0, 0.1) is 5.82 Å². The van der Waals surface area contributed by atoms with E-state index in [1.54, 1.807) is 13.2 Å². The van der Waals surface area contributed by atoms with Crippen molar-refractivity contribution in [2.45, 2.75) is 12.7 Å². The zero-order chi connectivity index (χ0) is 18.6. The molecule has 3 heterocycles. The first-order valence-corrected chi connectivity index (χ1v) is 9.22. The molecule has 2 aromatic rings. The Hall–Kier alpha value is -2.09. The molecule has 1 aromatic carbocycles. The van der Waals surface area contributed by atoms with E-state index in [0.29, 0.717) is 24.7 Å². The summed E-state index contributed by atoms with van der Waals surface area (Å²) in [5, 5.41) is 0. The van der Waals surface area contributed by atoms with Gasteiger partial charge < -0.3 is 19.1 Å². The van der Waals surface area contributed by atoms with Crippen LogP contribution in [-0.4, -0.2) is 62.4 Å². The first-order chi connectivity index (χ1) is 13.2. The van der Waals surface area contributed by atoms with Crippen molar-refractivity contribution in [3.8, 4) is 11.5 Å². The van der Waals surface area contributed by atoms with Gasteiger partial charge in [-0.15, -0.1) is 12.4 Å². The molecule has 0 amide bonds. The van der Waals surface area contributed by atoms with Gasteiger partial charge in [0.05, 0.1) is 6.61 Å². The van der Waals surface area contributed by atoms with Crippen molar-refractivity contribution in [3.05, 3.63) is 47.9 Å². The number of hydrogen-bond acceptors (Lipinski definition) is 6. The quantitative estimate of drug-likeness (QED) is 0.756. The molecule has 4 rings (SSSR count). The lowest BCUT2D eigenvalue weighted by atomic mass is 10.2. The van der Waals surface area contributed by atoms with Crippen LogP contribution < -0.4 is 14.4 Å². The third-order valence-electron chi connectivity index (χ3n) is 4.93. The lowest BCUT2D eigenvalue weighted by molar-refractivity contribution is 0.0566. The molecule has 152 valence electrons. The third-order valence-corrected chi connectivity index (χ3v) is 4.93. The number of benzene rings is 1. The fourth-order valence-electron chi connectivity index (χ4n) is 3.59. The van der Waals surface area contributed by atoms with E-state index in [1.165, 1.54) is 12.1 Å². The maximum absolute atomic E-state index is 13.4. The standard InChI is InChI=1S/C20H24FN3O3.ClH/c1-25-13-15-3-2-6-22-20(15)24-9-7-23(8-10-24)12-17-14-26-18-5-4-16(21)11-19(18)27-17;/h2-6,11,17H,7-10,12-14H2,1H3;1H/t17-;/m0./s1. The van der Waals surface area contributed by atoms with Gasteiger partial charge in [0.25, 0.3) is 0 Å². The summed E-state index contributed by atoms with van der Waals surface area (Å²) in [6.07, 6.45) is 1.73. The van der Waals surface area contributed by atoms with Gasteiger partial charge in [0.1, 0.15) is 24.3 Å². The predicted octanol–water partition coefficient (Wildman–Crippen LogP) is 2.75. The molecule has 0 spiro atoms. The van der Waals surface area contributed by atoms with Gasteiger partial charge in [-0.2, -0.15) is 0 Å². The molecule has 1 aromatic heterocycles. The molecule has 0 unspecified atom stereocenters. The van der Waals surface area contributed by atoms with Crippen molar-refractivity contribution in [3.63, 3.8) is 0 Å². The average molecular weight is 410 g/mol.